The van der Waals surface area contributed by atoms with E-state index in [1.807, 2.05) is 12.1 Å². The fraction of sp³-hybridized carbons (Fsp3) is 0.200. The largest absolute Gasteiger partial charge is 0.452 e. The van der Waals surface area contributed by atoms with Crippen LogP contribution in [0.4, 0.5) is 0 Å². The summed E-state index contributed by atoms with van der Waals surface area (Å²) in [5.41, 5.74) is 1.95. The summed E-state index contributed by atoms with van der Waals surface area (Å²) in [5, 5.41) is 0.627. The van der Waals surface area contributed by atoms with Gasteiger partial charge in [-0.25, -0.2) is 0 Å². The van der Waals surface area contributed by atoms with E-state index >= 15 is 0 Å². The van der Waals surface area contributed by atoms with Crippen molar-refractivity contribution in [2.75, 3.05) is 0 Å². The van der Waals surface area contributed by atoms with E-state index in [2.05, 4.69) is 0 Å². The predicted molar refractivity (Wildman–Crippen MR) is 93.9 cm³/mol. The zero-order chi connectivity index (χ0) is 17.6. The molecule has 1 aliphatic heterocycles. The fourth-order valence-corrected chi connectivity index (χ4v) is 2.83. The molecule has 0 N–H and O–H groups in total. The zero-order valence-corrected chi connectivity index (χ0v) is 14.3. The summed E-state index contributed by atoms with van der Waals surface area (Å²) in [7, 11) is 0. The first-order valence-corrected chi connectivity index (χ1v) is 8.46. The zero-order valence-electron chi connectivity index (χ0n) is 13.5. The van der Waals surface area contributed by atoms with Crippen LogP contribution in [-0.4, -0.2) is 11.8 Å². The van der Waals surface area contributed by atoms with Crippen LogP contribution in [0.3, 0.4) is 0 Å². The van der Waals surface area contributed by atoms with Crippen molar-refractivity contribution in [3.05, 3.63) is 63.9 Å². The topological polar surface area (TPSA) is 52.6 Å². The number of carbonyl (C=O) groups is 2. The summed E-state index contributed by atoms with van der Waals surface area (Å²) in [6.45, 7) is 1.78. The van der Waals surface area contributed by atoms with Crippen LogP contribution in [-0.2, 0) is 4.79 Å². The third-order valence-electron chi connectivity index (χ3n) is 4.33. The van der Waals surface area contributed by atoms with Gasteiger partial charge in [-0.1, -0.05) is 23.7 Å². The number of carbonyl (C=O) groups excluding carboxylic acids is 2. The SMILES string of the molecule is Cc1c(OC(=O)C2CC2)ccc2c1O/C(=C\c1ccc(Cl)cc1)C2=O. The van der Waals surface area contributed by atoms with E-state index in [1.54, 1.807) is 37.3 Å². The monoisotopic (exact) mass is 354 g/mol. The quantitative estimate of drug-likeness (QED) is 0.460. The van der Waals surface area contributed by atoms with Crippen LogP contribution in [0.25, 0.3) is 6.08 Å². The summed E-state index contributed by atoms with van der Waals surface area (Å²) in [6, 6.07) is 10.4. The van der Waals surface area contributed by atoms with Gasteiger partial charge < -0.3 is 9.47 Å². The molecule has 0 spiro atoms. The molecule has 4 rings (SSSR count). The van der Waals surface area contributed by atoms with Crippen LogP contribution < -0.4 is 9.47 Å². The van der Waals surface area contributed by atoms with Crippen molar-refractivity contribution in [1.82, 2.24) is 0 Å². The molecule has 0 bridgehead atoms. The molecule has 1 aliphatic carbocycles. The molecule has 0 aromatic heterocycles. The number of ether oxygens (including phenoxy) is 2. The van der Waals surface area contributed by atoms with Crippen molar-refractivity contribution >= 4 is 29.4 Å². The van der Waals surface area contributed by atoms with Gasteiger partial charge >= 0.3 is 5.97 Å². The number of halogens is 1. The lowest BCUT2D eigenvalue weighted by Crippen LogP contribution is -2.10. The first-order valence-electron chi connectivity index (χ1n) is 8.08. The summed E-state index contributed by atoms with van der Waals surface area (Å²) >= 11 is 5.88. The van der Waals surface area contributed by atoms with E-state index in [-0.39, 0.29) is 23.4 Å². The second kappa shape index (κ2) is 6.05. The number of esters is 1. The van der Waals surface area contributed by atoms with E-state index in [1.165, 1.54) is 0 Å². The Kier molecular flexibility index (Phi) is 3.85. The highest BCUT2D eigenvalue weighted by atomic mass is 35.5. The molecule has 2 aliphatic rings. The minimum absolute atomic E-state index is 0.00978. The van der Waals surface area contributed by atoms with Crippen LogP contribution in [0.1, 0.15) is 34.3 Å². The minimum Gasteiger partial charge on any atom is -0.452 e. The molecule has 0 unspecified atom stereocenters. The normalized spacial score (nSPS) is 17.4. The van der Waals surface area contributed by atoms with Gasteiger partial charge in [-0.15, -0.1) is 0 Å². The predicted octanol–water partition coefficient (Wildman–Crippen LogP) is 4.58. The van der Waals surface area contributed by atoms with Crippen LogP contribution in [0.15, 0.2) is 42.2 Å². The lowest BCUT2D eigenvalue weighted by Gasteiger charge is -2.09. The van der Waals surface area contributed by atoms with E-state index < -0.39 is 0 Å². The first-order chi connectivity index (χ1) is 12.0. The van der Waals surface area contributed by atoms with E-state index in [9.17, 15) is 9.59 Å². The lowest BCUT2D eigenvalue weighted by atomic mass is 10.1. The Bertz CT molecular complexity index is 908. The van der Waals surface area contributed by atoms with Gasteiger partial charge in [0.05, 0.1) is 11.5 Å². The van der Waals surface area contributed by atoms with Crippen LogP contribution in [0.2, 0.25) is 5.02 Å². The van der Waals surface area contributed by atoms with Crippen molar-refractivity contribution in [2.24, 2.45) is 5.92 Å². The van der Waals surface area contributed by atoms with Crippen molar-refractivity contribution in [2.45, 2.75) is 19.8 Å². The average molecular weight is 355 g/mol. The molecule has 2 aromatic rings. The molecule has 2 aromatic carbocycles. The Morgan fingerprint density at radius 1 is 1.20 bits per heavy atom. The molecular formula is C20H15ClO4. The molecule has 4 nitrogen and oxygen atoms in total. The van der Waals surface area contributed by atoms with Gasteiger partial charge in [0.2, 0.25) is 5.78 Å². The summed E-state index contributed by atoms with van der Waals surface area (Å²) < 4.78 is 11.2. The molecule has 0 amide bonds. The molecule has 1 fully saturated rings. The van der Waals surface area contributed by atoms with Crippen molar-refractivity contribution in [1.29, 1.82) is 0 Å². The fourth-order valence-electron chi connectivity index (χ4n) is 2.70. The molecule has 1 heterocycles. The number of rotatable bonds is 3. The maximum Gasteiger partial charge on any atom is 0.314 e. The number of ketones is 1. The molecule has 5 heteroatoms. The summed E-state index contributed by atoms with van der Waals surface area (Å²) in [6.07, 6.45) is 3.44. The maximum atomic E-state index is 12.5. The van der Waals surface area contributed by atoms with Crippen LogP contribution in [0, 0.1) is 12.8 Å². The summed E-state index contributed by atoms with van der Waals surface area (Å²) in [5.74, 6) is 0.738. The minimum atomic E-state index is -0.218. The van der Waals surface area contributed by atoms with Crippen molar-refractivity contribution in [3.63, 3.8) is 0 Å². The van der Waals surface area contributed by atoms with Crippen molar-refractivity contribution in [3.8, 4) is 11.5 Å². The number of benzene rings is 2. The Morgan fingerprint density at radius 2 is 1.92 bits per heavy atom. The number of allylic oxidation sites excluding steroid dienone is 1. The highest BCUT2D eigenvalue weighted by Gasteiger charge is 2.34. The first kappa shape index (κ1) is 15.9. The Morgan fingerprint density at radius 3 is 2.60 bits per heavy atom. The van der Waals surface area contributed by atoms with Crippen LogP contribution in [0.5, 0.6) is 11.5 Å². The number of hydrogen-bond acceptors (Lipinski definition) is 4. The Labute approximate surface area is 150 Å². The van der Waals surface area contributed by atoms with Gasteiger partial charge in [0.15, 0.2) is 5.76 Å². The van der Waals surface area contributed by atoms with Crippen molar-refractivity contribution < 1.29 is 19.1 Å². The summed E-state index contributed by atoms with van der Waals surface area (Å²) in [4.78, 5) is 24.4. The van der Waals surface area contributed by atoms with E-state index in [0.29, 0.717) is 27.6 Å². The molecule has 0 saturated heterocycles. The lowest BCUT2D eigenvalue weighted by molar-refractivity contribution is -0.135. The third-order valence-corrected chi connectivity index (χ3v) is 4.58. The number of fused-ring (bicyclic) bond motifs is 1. The Balaban J connectivity index is 1.63. The van der Waals surface area contributed by atoms with Gasteiger partial charge in [0, 0.05) is 10.6 Å². The standard InChI is InChI=1S/C20H15ClO4/c1-11-16(25-20(23)13-4-5-13)9-8-15-18(22)17(24-19(11)15)10-12-2-6-14(21)7-3-12/h2-3,6-10,13H,4-5H2,1H3/b17-10-. The third kappa shape index (κ3) is 3.05. The van der Waals surface area contributed by atoms with E-state index in [0.717, 1.165) is 18.4 Å². The molecule has 25 heavy (non-hydrogen) atoms. The number of Topliss-reactive ketones (excluding diaryl/α,β-unsaturated/α-hetero) is 1. The van der Waals surface area contributed by atoms with Gasteiger partial charge in [-0.05, 0) is 55.7 Å². The smallest absolute Gasteiger partial charge is 0.314 e. The van der Waals surface area contributed by atoms with Gasteiger partial charge in [0.1, 0.15) is 11.5 Å². The second-order valence-electron chi connectivity index (χ2n) is 6.25. The van der Waals surface area contributed by atoms with Gasteiger partial charge in [-0.2, -0.15) is 0 Å². The van der Waals surface area contributed by atoms with Crippen LogP contribution >= 0.6 is 11.6 Å². The highest BCUT2D eigenvalue weighted by Crippen LogP contribution is 2.40. The van der Waals surface area contributed by atoms with Gasteiger partial charge in [0.25, 0.3) is 0 Å². The maximum absolute atomic E-state index is 12.5. The Hall–Kier alpha value is -2.59. The van der Waals surface area contributed by atoms with Gasteiger partial charge in [-0.3, -0.25) is 9.59 Å². The van der Waals surface area contributed by atoms with E-state index in [4.69, 9.17) is 21.1 Å². The number of hydrogen-bond donors (Lipinski definition) is 0. The molecule has 1 saturated carbocycles. The molecular weight excluding hydrogens is 340 g/mol. The second-order valence-corrected chi connectivity index (χ2v) is 6.69. The molecule has 126 valence electrons. The molecule has 0 atom stereocenters. The highest BCUT2D eigenvalue weighted by molar-refractivity contribution is 6.30. The molecule has 0 radical (unpaired) electrons. The average Bonchev–Trinajstić information content (AvgIpc) is 3.39.